The van der Waals surface area contributed by atoms with Crippen molar-refractivity contribution in [1.82, 2.24) is 0 Å². The van der Waals surface area contributed by atoms with Gasteiger partial charge in [-0.2, -0.15) is 0 Å². The van der Waals surface area contributed by atoms with Gasteiger partial charge in [0.2, 0.25) is 0 Å². The molecule has 0 aliphatic heterocycles. The first-order chi connectivity index (χ1) is 5.21. The van der Waals surface area contributed by atoms with Gasteiger partial charge in [0, 0.05) is 0 Å². The molecule has 0 aromatic carbocycles. The summed E-state index contributed by atoms with van der Waals surface area (Å²) in [5.41, 5.74) is 0. The molecular formula is C2H11FNa2O7P2. The first-order valence-corrected chi connectivity index (χ1v) is 5.41. The van der Waals surface area contributed by atoms with Gasteiger partial charge >= 0.3 is 75.0 Å². The van der Waals surface area contributed by atoms with E-state index >= 15 is 0 Å². The molecule has 7 nitrogen and oxygen atoms in total. The van der Waals surface area contributed by atoms with Crippen LogP contribution < -0.4 is 0 Å². The Morgan fingerprint density at radius 1 is 1.29 bits per heavy atom. The number of hydrogen-bond donors (Lipinski definition) is 5. The van der Waals surface area contributed by atoms with E-state index in [4.69, 9.17) is 29.2 Å². The molecule has 0 aromatic heterocycles. The van der Waals surface area contributed by atoms with Crippen molar-refractivity contribution in [3.05, 3.63) is 0 Å². The van der Waals surface area contributed by atoms with E-state index in [2.05, 4.69) is 0 Å². The zero-order chi connectivity index (χ0) is 10.4. The van der Waals surface area contributed by atoms with Crippen molar-refractivity contribution in [3.8, 4) is 0 Å². The fourth-order valence-corrected chi connectivity index (χ4v) is 0.270. The summed E-state index contributed by atoms with van der Waals surface area (Å²) < 4.78 is 29.6. The Morgan fingerprint density at radius 3 is 1.50 bits per heavy atom. The summed E-state index contributed by atoms with van der Waals surface area (Å²) >= 11 is 0. The Balaban J connectivity index is -0.0000000733. The summed E-state index contributed by atoms with van der Waals surface area (Å²) in [7, 11) is -7.71. The molecule has 0 aliphatic carbocycles. The van der Waals surface area contributed by atoms with Crippen LogP contribution in [0.1, 0.15) is 0 Å². The zero-order valence-corrected chi connectivity index (χ0v) is 7.56. The molecule has 14 heavy (non-hydrogen) atoms. The van der Waals surface area contributed by atoms with Gasteiger partial charge in [0.1, 0.15) is 6.67 Å². The second-order valence-electron chi connectivity index (χ2n) is 1.51. The second kappa shape index (κ2) is 13.3. The average Bonchev–Trinajstić information content (AvgIpc) is 1.82. The predicted octanol–water partition coefficient (Wildman–Crippen LogP) is -2.48. The van der Waals surface area contributed by atoms with Crippen LogP contribution in [0.2, 0.25) is 0 Å². The molecule has 0 saturated carbocycles. The maximum absolute atomic E-state index is 11.1. The van der Waals surface area contributed by atoms with Gasteiger partial charge in [-0.05, 0) is 0 Å². The molecule has 0 bridgehead atoms. The monoisotopic (exact) mass is 274 g/mol. The van der Waals surface area contributed by atoms with Gasteiger partial charge in [-0.15, -0.1) is 0 Å². The van der Waals surface area contributed by atoms with E-state index in [1.165, 1.54) is 0 Å². The summed E-state index contributed by atoms with van der Waals surface area (Å²) in [6, 6.07) is 0. The van der Waals surface area contributed by atoms with Crippen molar-refractivity contribution >= 4 is 75.0 Å². The zero-order valence-electron chi connectivity index (χ0n) is 5.66. The molecule has 5 N–H and O–H groups in total. The Labute approximate surface area is 124 Å². The summed E-state index contributed by atoms with van der Waals surface area (Å²) in [6.07, 6.45) is 0. The summed E-state index contributed by atoms with van der Waals surface area (Å²) in [4.78, 5) is 30.1. The van der Waals surface area contributed by atoms with Crippen molar-refractivity contribution < 1.29 is 38.2 Å². The number of aliphatic hydroxyl groups is 1. The van der Waals surface area contributed by atoms with Crippen molar-refractivity contribution in [2.45, 2.75) is 5.85 Å². The molecule has 0 rings (SSSR count). The van der Waals surface area contributed by atoms with Crippen LogP contribution in [0.25, 0.3) is 0 Å². The normalized spacial score (nSPS) is 11.6. The maximum atomic E-state index is 11.1. The fraction of sp³-hybridized carbons (Fsp3) is 1.00. The average molecular weight is 274 g/mol. The van der Waals surface area contributed by atoms with Crippen LogP contribution in [0, 0.1) is 0 Å². The second-order valence-corrected chi connectivity index (χ2v) is 3.85. The van der Waals surface area contributed by atoms with E-state index in [9.17, 15) is 8.96 Å². The summed E-state index contributed by atoms with van der Waals surface area (Å²) in [5.74, 6) is -2.15. The molecule has 0 amide bonds. The van der Waals surface area contributed by atoms with E-state index in [0.29, 0.717) is 0 Å². The van der Waals surface area contributed by atoms with Gasteiger partial charge in [-0.1, -0.05) is 0 Å². The quantitative estimate of drug-likeness (QED) is 0.278. The van der Waals surface area contributed by atoms with Crippen molar-refractivity contribution in [2.24, 2.45) is 0 Å². The third-order valence-electron chi connectivity index (χ3n) is 0.526. The standard InChI is InChI=1S/C2H6FO4P.2Na.H3O3P.2H/c3-1-2(4)8(5,6)7;;;1-4(2)3;;/h2,4H,1H2,(H2,5,6,7);;;4H,(H2,1,2,3);;. The molecule has 80 valence electrons. The van der Waals surface area contributed by atoms with Gasteiger partial charge in [-0.3, -0.25) is 9.13 Å². The minimum absolute atomic E-state index is 0. The predicted molar refractivity (Wildman–Crippen MR) is 51.8 cm³/mol. The molecule has 0 saturated heterocycles. The van der Waals surface area contributed by atoms with E-state index in [-0.39, 0.29) is 59.1 Å². The molecule has 0 radical (unpaired) electrons. The van der Waals surface area contributed by atoms with Gasteiger partial charge in [-0.25, -0.2) is 4.39 Å². The first-order valence-electron chi connectivity index (χ1n) is 2.43. The minimum atomic E-state index is -4.58. The molecule has 12 heteroatoms. The number of hydrogen-bond acceptors (Lipinski definition) is 3. The molecule has 0 spiro atoms. The van der Waals surface area contributed by atoms with Crippen LogP contribution in [0.3, 0.4) is 0 Å². The van der Waals surface area contributed by atoms with Gasteiger partial charge < -0.3 is 24.7 Å². The van der Waals surface area contributed by atoms with Crippen LogP contribution in [-0.2, 0) is 9.13 Å². The van der Waals surface area contributed by atoms with Crippen LogP contribution in [-0.4, -0.2) is 96.3 Å². The first kappa shape index (κ1) is 25.1. The van der Waals surface area contributed by atoms with Gasteiger partial charge in [0.25, 0.3) is 0 Å². The van der Waals surface area contributed by atoms with E-state index in [1.54, 1.807) is 0 Å². The van der Waals surface area contributed by atoms with E-state index in [0.717, 1.165) is 0 Å². The van der Waals surface area contributed by atoms with Crippen LogP contribution >= 0.6 is 15.9 Å². The molecule has 0 fully saturated rings. The Hall–Kier alpha value is 2.19. The Kier molecular flexibility index (Phi) is 23.8. The third-order valence-corrected chi connectivity index (χ3v) is 1.44. The molecule has 0 heterocycles. The Bertz CT molecular complexity index is 181. The molecule has 0 aliphatic rings. The van der Waals surface area contributed by atoms with Crippen molar-refractivity contribution in [2.75, 3.05) is 6.67 Å². The van der Waals surface area contributed by atoms with Gasteiger partial charge in [0.05, 0.1) is 0 Å². The van der Waals surface area contributed by atoms with E-state index < -0.39 is 28.4 Å². The van der Waals surface area contributed by atoms with Crippen LogP contribution in [0.4, 0.5) is 4.39 Å². The summed E-state index contributed by atoms with van der Waals surface area (Å²) in [6.45, 7) is -1.41. The van der Waals surface area contributed by atoms with Crippen molar-refractivity contribution in [1.29, 1.82) is 0 Å². The SMILES string of the molecule is O=P(O)(O)C(O)CF.O=[PH](O)O.[NaH].[NaH]. The van der Waals surface area contributed by atoms with Gasteiger partial charge in [0.15, 0.2) is 5.85 Å². The Morgan fingerprint density at radius 2 is 1.50 bits per heavy atom. The number of rotatable bonds is 2. The molecule has 0 aromatic rings. The summed E-state index contributed by atoms with van der Waals surface area (Å²) in [5, 5.41) is 8.06. The fourth-order valence-electron chi connectivity index (χ4n) is 0.0899. The molecule has 1 unspecified atom stereocenters. The molecule has 1 atom stereocenters. The van der Waals surface area contributed by atoms with Crippen molar-refractivity contribution in [3.63, 3.8) is 0 Å². The number of aliphatic hydroxyl groups excluding tert-OH is 1. The van der Waals surface area contributed by atoms with Crippen LogP contribution in [0.15, 0.2) is 0 Å². The third kappa shape index (κ3) is 23.8. The molecular weight excluding hydrogens is 263 g/mol. The van der Waals surface area contributed by atoms with Crippen LogP contribution in [0.5, 0.6) is 0 Å². The number of halogens is 1. The number of alkyl halides is 1. The topological polar surface area (TPSA) is 135 Å². The van der Waals surface area contributed by atoms with E-state index in [1.807, 2.05) is 0 Å².